The maximum Gasteiger partial charge on any atom is 0.186 e. The van der Waals surface area contributed by atoms with Gasteiger partial charge in [0.25, 0.3) is 0 Å². The highest BCUT2D eigenvalue weighted by Crippen LogP contribution is 2.67. The van der Waals surface area contributed by atoms with Gasteiger partial charge in [-0.15, -0.1) is 0 Å². The van der Waals surface area contributed by atoms with Crippen molar-refractivity contribution in [3.63, 3.8) is 0 Å². The van der Waals surface area contributed by atoms with Crippen LogP contribution in [0.1, 0.15) is 112 Å². The van der Waals surface area contributed by atoms with E-state index in [0.717, 1.165) is 60.7 Å². The molecule has 6 nitrogen and oxygen atoms in total. The molecule has 14 atom stereocenters. The molecule has 0 amide bonds. The summed E-state index contributed by atoms with van der Waals surface area (Å²) in [6.45, 7) is 14.5. The zero-order valence-corrected chi connectivity index (χ0v) is 26.7. The first-order valence-electron chi connectivity index (χ1n) is 17.1. The molecule has 4 fully saturated rings. The molecule has 4 aliphatic carbocycles. The second-order valence-corrected chi connectivity index (χ2v) is 15.7. The van der Waals surface area contributed by atoms with Gasteiger partial charge in [-0.3, -0.25) is 0 Å². The van der Waals surface area contributed by atoms with Crippen LogP contribution in [0.25, 0.3) is 0 Å². The minimum Gasteiger partial charge on any atom is -0.394 e. The molecular formula is C35H60O6. The summed E-state index contributed by atoms with van der Waals surface area (Å²) in [7, 11) is 0. The molecule has 0 radical (unpaired) electrons. The number of aliphatic hydroxyl groups excluding tert-OH is 4. The smallest absolute Gasteiger partial charge is 0.186 e. The van der Waals surface area contributed by atoms with Gasteiger partial charge in [-0.1, -0.05) is 66.0 Å². The highest BCUT2D eigenvalue weighted by atomic mass is 16.7. The number of hydrogen-bond acceptors (Lipinski definition) is 6. The zero-order valence-electron chi connectivity index (χ0n) is 26.7. The summed E-state index contributed by atoms with van der Waals surface area (Å²) in [5.41, 5.74) is 2.19. The number of allylic oxidation sites excluding steroid dienone is 1. The maximum absolute atomic E-state index is 10.5. The molecule has 0 bridgehead atoms. The Morgan fingerprint density at radius 2 is 1.71 bits per heavy atom. The number of rotatable bonds is 9. The SMILES string of the molecule is CC[C@H](CC[C@@H](C)[C@H]1CC[C@H]2[C@@H]3CC=C4C[C@@H](OC5OC(CO)C(O)C(O)C5O)CC[C@]4(C)[C@H]3CC[C@]12C)C(C)C. The maximum atomic E-state index is 10.5. The molecule has 236 valence electrons. The predicted molar refractivity (Wildman–Crippen MR) is 161 cm³/mol. The lowest BCUT2D eigenvalue weighted by atomic mass is 9.47. The standard InChI is InChI=1S/C35H60O6/c1-7-22(20(2)3)9-8-21(4)26-12-13-27-25-11-10-23-18-24(14-16-34(23,5)28(25)15-17-35(26,27)6)40-33-32(39)31(38)30(37)29(19-36)41-33/h10,20-22,24-33,36-39H,7-9,11-19H2,1-6H3/t21-,22-,24+,25+,26-,27+,28+,29?,30?,31?,32?,33?,34+,35-/m1/s1. The van der Waals surface area contributed by atoms with E-state index >= 15 is 0 Å². The van der Waals surface area contributed by atoms with Crippen LogP contribution < -0.4 is 0 Å². The molecule has 5 unspecified atom stereocenters. The summed E-state index contributed by atoms with van der Waals surface area (Å²) < 4.78 is 11.9. The molecule has 41 heavy (non-hydrogen) atoms. The molecule has 1 aliphatic heterocycles. The minimum absolute atomic E-state index is 0.101. The van der Waals surface area contributed by atoms with Crippen LogP contribution in [-0.2, 0) is 9.47 Å². The molecule has 5 aliphatic rings. The number of fused-ring (bicyclic) bond motifs is 5. The van der Waals surface area contributed by atoms with Gasteiger partial charge in [0.2, 0.25) is 0 Å². The van der Waals surface area contributed by atoms with Gasteiger partial charge in [-0.05, 0) is 110 Å². The molecule has 1 saturated heterocycles. The summed E-state index contributed by atoms with van der Waals surface area (Å²) in [5, 5.41) is 40.4. The minimum atomic E-state index is -1.40. The average Bonchev–Trinajstić information content (AvgIpc) is 3.30. The van der Waals surface area contributed by atoms with Crippen molar-refractivity contribution < 1.29 is 29.9 Å². The quantitative estimate of drug-likeness (QED) is 0.257. The average molecular weight is 577 g/mol. The van der Waals surface area contributed by atoms with E-state index in [1.54, 1.807) is 0 Å². The van der Waals surface area contributed by atoms with Crippen molar-refractivity contribution in [3.05, 3.63) is 11.6 Å². The van der Waals surface area contributed by atoms with Crippen molar-refractivity contribution in [2.75, 3.05) is 6.61 Å². The van der Waals surface area contributed by atoms with Crippen molar-refractivity contribution >= 4 is 0 Å². The van der Waals surface area contributed by atoms with Crippen molar-refractivity contribution in [3.8, 4) is 0 Å². The predicted octanol–water partition coefficient (Wildman–Crippen LogP) is 5.85. The van der Waals surface area contributed by atoms with Gasteiger partial charge < -0.3 is 29.9 Å². The van der Waals surface area contributed by atoms with E-state index in [0.29, 0.717) is 5.41 Å². The molecule has 6 heteroatoms. The molecule has 0 aromatic rings. The third kappa shape index (κ3) is 5.73. The fourth-order valence-electron chi connectivity index (χ4n) is 10.8. The Labute approximate surface area is 249 Å². The summed E-state index contributed by atoms with van der Waals surface area (Å²) >= 11 is 0. The van der Waals surface area contributed by atoms with Crippen molar-refractivity contribution in [2.45, 2.75) is 149 Å². The van der Waals surface area contributed by atoms with Crippen LogP contribution in [0.2, 0.25) is 0 Å². The van der Waals surface area contributed by atoms with Gasteiger partial charge in [-0.2, -0.15) is 0 Å². The van der Waals surface area contributed by atoms with E-state index in [4.69, 9.17) is 9.47 Å². The molecule has 0 aromatic heterocycles. The number of aliphatic hydroxyl groups is 4. The van der Waals surface area contributed by atoms with Gasteiger partial charge in [0.15, 0.2) is 6.29 Å². The van der Waals surface area contributed by atoms with Crippen LogP contribution in [-0.4, -0.2) is 63.8 Å². The highest BCUT2D eigenvalue weighted by molar-refractivity contribution is 5.25. The normalized spacial score (nSPS) is 47.7. The van der Waals surface area contributed by atoms with Crippen molar-refractivity contribution in [1.82, 2.24) is 0 Å². The van der Waals surface area contributed by atoms with Crippen LogP contribution >= 0.6 is 0 Å². The van der Waals surface area contributed by atoms with Crippen LogP contribution in [0.3, 0.4) is 0 Å². The summed E-state index contributed by atoms with van der Waals surface area (Å²) in [6.07, 6.45) is 9.92. The lowest BCUT2D eigenvalue weighted by molar-refractivity contribution is -0.313. The Morgan fingerprint density at radius 1 is 0.951 bits per heavy atom. The third-order valence-electron chi connectivity index (χ3n) is 13.5. The van der Waals surface area contributed by atoms with Crippen LogP contribution in [0, 0.1) is 52.3 Å². The molecule has 1 heterocycles. The van der Waals surface area contributed by atoms with Crippen LogP contribution in [0.4, 0.5) is 0 Å². The summed E-state index contributed by atoms with van der Waals surface area (Å²) in [6, 6.07) is 0. The highest BCUT2D eigenvalue weighted by Gasteiger charge is 2.59. The second-order valence-electron chi connectivity index (χ2n) is 15.7. The Kier molecular flexibility index (Phi) is 9.71. The van der Waals surface area contributed by atoms with E-state index in [2.05, 4.69) is 47.6 Å². The zero-order chi connectivity index (χ0) is 29.7. The molecule has 0 spiro atoms. The third-order valence-corrected chi connectivity index (χ3v) is 13.5. The summed E-state index contributed by atoms with van der Waals surface area (Å²) in [5.74, 6) is 5.66. The number of hydrogen-bond donors (Lipinski definition) is 4. The lowest BCUT2D eigenvalue weighted by Crippen LogP contribution is -2.60. The fourth-order valence-corrected chi connectivity index (χ4v) is 10.8. The first kappa shape index (κ1) is 31.9. The molecule has 4 N–H and O–H groups in total. The fraction of sp³-hybridized carbons (Fsp3) is 0.943. The Bertz CT molecular complexity index is 918. The van der Waals surface area contributed by atoms with Gasteiger partial charge in [0.05, 0.1) is 12.7 Å². The molecule has 5 rings (SSSR count). The van der Waals surface area contributed by atoms with E-state index in [9.17, 15) is 20.4 Å². The summed E-state index contributed by atoms with van der Waals surface area (Å²) in [4.78, 5) is 0. The van der Waals surface area contributed by atoms with Gasteiger partial charge >= 0.3 is 0 Å². The van der Waals surface area contributed by atoms with E-state index in [1.807, 2.05) is 0 Å². The largest absolute Gasteiger partial charge is 0.394 e. The van der Waals surface area contributed by atoms with E-state index < -0.39 is 37.3 Å². The van der Waals surface area contributed by atoms with Crippen LogP contribution in [0.5, 0.6) is 0 Å². The Balaban J connectivity index is 1.24. The van der Waals surface area contributed by atoms with Crippen molar-refractivity contribution in [2.24, 2.45) is 52.3 Å². The van der Waals surface area contributed by atoms with Crippen molar-refractivity contribution in [1.29, 1.82) is 0 Å². The van der Waals surface area contributed by atoms with Gasteiger partial charge in [0.1, 0.15) is 24.4 Å². The van der Waals surface area contributed by atoms with Gasteiger partial charge in [-0.25, -0.2) is 0 Å². The molecule has 3 saturated carbocycles. The van der Waals surface area contributed by atoms with E-state index in [-0.39, 0.29) is 11.5 Å². The second kappa shape index (κ2) is 12.5. The first-order chi connectivity index (χ1) is 19.4. The number of ether oxygens (including phenoxy) is 2. The van der Waals surface area contributed by atoms with E-state index in [1.165, 1.54) is 56.9 Å². The van der Waals surface area contributed by atoms with Crippen LogP contribution in [0.15, 0.2) is 11.6 Å². The Morgan fingerprint density at radius 3 is 2.39 bits per heavy atom. The topological polar surface area (TPSA) is 99.4 Å². The lowest BCUT2D eigenvalue weighted by Gasteiger charge is -2.58. The first-order valence-corrected chi connectivity index (χ1v) is 17.1. The molecule has 0 aromatic carbocycles. The Hall–Kier alpha value is -0.500. The monoisotopic (exact) mass is 576 g/mol. The van der Waals surface area contributed by atoms with Gasteiger partial charge in [0, 0.05) is 0 Å². The molecular weight excluding hydrogens is 516 g/mol.